The molecular formula is C15H16O3. The Kier molecular flexibility index (Phi) is 2.91. The van der Waals surface area contributed by atoms with Crippen molar-refractivity contribution in [3.63, 3.8) is 0 Å². The number of phenolic OH excluding ortho intramolecular Hbond substituents is 3. The van der Waals surface area contributed by atoms with Gasteiger partial charge in [-0.1, -0.05) is 0 Å². The van der Waals surface area contributed by atoms with Crippen molar-refractivity contribution in [3.05, 3.63) is 41.0 Å². The van der Waals surface area contributed by atoms with Crippen molar-refractivity contribution < 1.29 is 15.3 Å². The first-order valence-corrected chi connectivity index (χ1v) is 5.73. The van der Waals surface area contributed by atoms with E-state index in [0.717, 1.165) is 16.7 Å². The minimum absolute atomic E-state index is 0.0259. The lowest BCUT2D eigenvalue weighted by atomic mass is 9.93. The number of aromatic hydroxyl groups is 3. The third-order valence-electron chi connectivity index (χ3n) is 3.33. The van der Waals surface area contributed by atoms with Crippen LogP contribution >= 0.6 is 0 Å². The van der Waals surface area contributed by atoms with E-state index in [-0.39, 0.29) is 17.2 Å². The first-order chi connectivity index (χ1) is 8.40. The van der Waals surface area contributed by atoms with E-state index in [2.05, 4.69) is 0 Å². The van der Waals surface area contributed by atoms with Gasteiger partial charge in [-0.2, -0.15) is 0 Å². The van der Waals surface area contributed by atoms with Crippen molar-refractivity contribution in [1.82, 2.24) is 0 Å². The molecule has 0 fully saturated rings. The van der Waals surface area contributed by atoms with E-state index in [1.807, 2.05) is 20.8 Å². The van der Waals surface area contributed by atoms with E-state index >= 15 is 0 Å². The molecule has 0 spiro atoms. The molecule has 3 nitrogen and oxygen atoms in total. The van der Waals surface area contributed by atoms with Gasteiger partial charge in [-0.25, -0.2) is 0 Å². The molecule has 0 aliphatic carbocycles. The summed E-state index contributed by atoms with van der Waals surface area (Å²) in [5.41, 5.74) is 4.29. The van der Waals surface area contributed by atoms with E-state index in [0.29, 0.717) is 11.1 Å². The van der Waals surface area contributed by atoms with Gasteiger partial charge in [-0.15, -0.1) is 0 Å². The Morgan fingerprint density at radius 1 is 0.722 bits per heavy atom. The highest BCUT2D eigenvalue weighted by atomic mass is 16.3. The number of aryl methyl sites for hydroxylation is 1. The molecule has 0 unspecified atom stereocenters. The topological polar surface area (TPSA) is 60.7 Å². The van der Waals surface area contributed by atoms with Crippen molar-refractivity contribution in [1.29, 1.82) is 0 Å². The van der Waals surface area contributed by atoms with Crippen LogP contribution in [0.4, 0.5) is 0 Å². The molecule has 0 heterocycles. The molecule has 94 valence electrons. The second-order valence-corrected chi connectivity index (χ2v) is 4.58. The summed E-state index contributed by atoms with van der Waals surface area (Å²) in [6, 6.07) is 6.00. The van der Waals surface area contributed by atoms with Gasteiger partial charge in [0.1, 0.15) is 17.2 Å². The first-order valence-electron chi connectivity index (χ1n) is 5.73. The maximum atomic E-state index is 10.1. The molecule has 2 aromatic rings. The van der Waals surface area contributed by atoms with Gasteiger partial charge >= 0.3 is 0 Å². The third kappa shape index (κ3) is 1.99. The minimum atomic E-state index is -0.0259. The Bertz CT molecular complexity index is 595. The maximum absolute atomic E-state index is 10.1. The lowest BCUT2D eigenvalue weighted by Gasteiger charge is -2.14. The first kappa shape index (κ1) is 12.3. The zero-order chi connectivity index (χ0) is 13.4. The smallest absolute Gasteiger partial charge is 0.123 e. The Hall–Kier alpha value is -2.16. The Labute approximate surface area is 106 Å². The lowest BCUT2D eigenvalue weighted by molar-refractivity contribution is 0.451. The fraction of sp³-hybridized carbons (Fsp3) is 0.200. The molecule has 18 heavy (non-hydrogen) atoms. The van der Waals surface area contributed by atoms with Crippen LogP contribution < -0.4 is 0 Å². The number of rotatable bonds is 1. The second kappa shape index (κ2) is 4.26. The van der Waals surface area contributed by atoms with Gasteiger partial charge < -0.3 is 15.3 Å². The molecule has 0 saturated heterocycles. The van der Waals surface area contributed by atoms with Gasteiger partial charge in [0.05, 0.1) is 0 Å². The van der Waals surface area contributed by atoms with E-state index < -0.39 is 0 Å². The summed E-state index contributed by atoms with van der Waals surface area (Å²) in [6.45, 7) is 5.83. The van der Waals surface area contributed by atoms with Crippen LogP contribution in [0.5, 0.6) is 17.2 Å². The number of hydrogen-bond acceptors (Lipinski definition) is 3. The van der Waals surface area contributed by atoms with E-state index in [1.54, 1.807) is 6.07 Å². The van der Waals surface area contributed by atoms with Crippen molar-refractivity contribution in [2.24, 2.45) is 0 Å². The Morgan fingerprint density at radius 3 is 1.83 bits per heavy atom. The second-order valence-electron chi connectivity index (χ2n) is 4.58. The van der Waals surface area contributed by atoms with Crippen LogP contribution in [0.15, 0.2) is 24.3 Å². The predicted octanol–water partition coefficient (Wildman–Crippen LogP) is 3.40. The molecule has 0 atom stereocenters. The van der Waals surface area contributed by atoms with Crippen LogP contribution in [0.2, 0.25) is 0 Å². The molecule has 0 radical (unpaired) electrons. The average molecular weight is 244 g/mol. The van der Waals surface area contributed by atoms with Crippen molar-refractivity contribution in [3.8, 4) is 28.4 Å². The molecule has 3 N–H and O–H groups in total. The monoisotopic (exact) mass is 244 g/mol. The molecular weight excluding hydrogens is 228 g/mol. The number of phenols is 3. The highest BCUT2D eigenvalue weighted by molar-refractivity contribution is 5.77. The summed E-state index contributed by atoms with van der Waals surface area (Å²) in [7, 11) is 0. The zero-order valence-electron chi connectivity index (χ0n) is 10.7. The number of benzene rings is 2. The summed E-state index contributed by atoms with van der Waals surface area (Å²) >= 11 is 0. The summed E-state index contributed by atoms with van der Waals surface area (Å²) in [6.07, 6.45) is 0. The molecule has 0 saturated carbocycles. The maximum Gasteiger partial charge on any atom is 0.123 e. The van der Waals surface area contributed by atoms with Crippen LogP contribution in [0.3, 0.4) is 0 Å². The predicted molar refractivity (Wildman–Crippen MR) is 71.1 cm³/mol. The van der Waals surface area contributed by atoms with Gasteiger partial charge in [-0.05, 0) is 61.2 Å². The Balaban J connectivity index is 2.75. The fourth-order valence-electron chi connectivity index (χ4n) is 2.16. The van der Waals surface area contributed by atoms with Gasteiger partial charge in [-0.3, -0.25) is 0 Å². The minimum Gasteiger partial charge on any atom is -0.508 e. The summed E-state index contributed by atoms with van der Waals surface area (Å²) < 4.78 is 0. The number of hydrogen-bond donors (Lipinski definition) is 3. The van der Waals surface area contributed by atoms with Crippen LogP contribution in [0, 0.1) is 20.8 Å². The molecule has 0 aliphatic rings. The molecule has 0 aliphatic heterocycles. The van der Waals surface area contributed by atoms with Crippen molar-refractivity contribution >= 4 is 0 Å². The van der Waals surface area contributed by atoms with E-state index in [4.69, 9.17) is 0 Å². The highest BCUT2D eigenvalue weighted by Gasteiger charge is 2.13. The van der Waals surface area contributed by atoms with Crippen LogP contribution in [-0.4, -0.2) is 15.3 Å². The molecule has 0 bridgehead atoms. The van der Waals surface area contributed by atoms with Gasteiger partial charge in [0.2, 0.25) is 0 Å². The molecule has 0 amide bonds. The summed E-state index contributed by atoms with van der Waals surface area (Å²) in [4.78, 5) is 0. The summed E-state index contributed by atoms with van der Waals surface area (Å²) in [5, 5.41) is 29.1. The third-order valence-corrected chi connectivity index (χ3v) is 3.33. The van der Waals surface area contributed by atoms with Gasteiger partial charge in [0.15, 0.2) is 0 Å². The molecule has 2 aromatic carbocycles. The standard InChI is InChI=1S/C15H16O3/c1-8-4-14(18)15(10(3)9(8)2)11-5-12(16)7-13(17)6-11/h4-7,16-18H,1-3H3. The quantitative estimate of drug-likeness (QED) is 0.720. The van der Waals surface area contributed by atoms with Gasteiger partial charge in [0.25, 0.3) is 0 Å². The SMILES string of the molecule is Cc1cc(O)c(-c2cc(O)cc(O)c2)c(C)c1C. The summed E-state index contributed by atoms with van der Waals surface area (Å²) in [5.74, 6) is 0.102. The lowest BCUT2D eigenvalue weighted by Crippen LogP contribution is -1.92. The van der Waals surface area contributed by atoms with E-state index in [1.165, 1.54) is 18.2 Å². The Morgan fingerprint density at radius 2 is 1.28 bits per heavy atom. The molecule has 0 aromatic heterocycles. The zero-order valence-corrected chi connectivity index (χ0v) is 10.7. The van der Waals surface area contributed by atoms with Crippen molar-refractivity contribution in [2.45, 2.75) is 20.8 Å². The van der Waals surface area contributed by atoms with Gasteiger partial charge in [0, 0.05) is 11.6 Å². The normalized spacial score (nSPS) is 10.6. The molecule has 3 heteroatoms. The average Bonchev–Trinajstić information content (AvgIpc) is 2.24. The van der Waals surface area contributed by atoms with E-state index in [9.17, 15) is 15.3 Å². The largest absolute Gasteiger partial charge is 0.508 e. The molecule has 2 rings (SSSR count). The van der Waals surface area contributed by atoms with Crippen molar-refractivity contribution in [2.75, 3.05) is 0 Å². The fourth-order valence-corrected chi connectivity index (χ4v) is 2.16. The highest BCUT2D eigenvalue weighted by Crippen LogP contribution is 2.38. The van der Waals surface area contributed by atoms with Crippen LogP contribution in [0.25, 0.3) is 11.1 Å². The van der Waals surface area contributed by atoms with Crippen LogP contribution in [-0.2, 0) is 0 Å². The van der Waals surface area contributed by atoms with Crippen LogP contribution in [0.1, 0.15) is 16.7 Å².